The molecule has 19 heavy (non-hydrogen) atoms. The molecular formula is C15H14N2OS. The van der Waals surface area contributed by atoms with Gasteiger partial charge < -0.3 is 5.73 Å². The van der Waals surface area contributed by atoms with E-state index in [1.807, 2.05) is 17.5 Å². The van der Waals surface area contributed by atoms with Crippen LogP contribution in [0.5, 0.6) is 0 Å². The van der Waals surface area contributed by atoms with Crippen LogP contribution in [0.2, 0.25) is 0 Å². The fourth-order valence-electron chi connectivity index (χ4n) is 3.09. The molecule has 1 heterocycles. The maximum atomic E-state index is 12.5. The number of carbonyl (C=O) groups excluding carboxylic acids is 1. The van der Waals surface area contributed by atoms with Gasteiger partial charge in [-0.3, -0.25) is 4.79 Å². The molecule has 0 amide bonds. The molecule has 0 bridgehead atoms. The fraction of sp³-hybridized carbons (Fsp3) is 0.333. The second-order valence-corrected chi connectivity index (χ2v) is 5.93. The van der Waals surface area contributed by atoms with Crippen LogP contribution >= 0.6 is 11.3 Å². The number of nitrogens with two attached hydrogens (primary N) is 1. The van der Waals surface area contributed by atoms with E-state index < -0.39 is 0 Å². The Morgan fingerprint density at radius 3 is 3.00 bits per heavy atom. The number of hydrogen-bond acceptors (Lipinski definition) is 4. The number of hydrogen-bond donors (Lipinski definition) is 1. The van der Waals surface area contributed by atoms with Crippen molar-refractivity contribution in [3.8, 4) is 6.07 Å². The molecule has 0 saturated heterocycles. The molecule has 0 spiro atoms. The molecule has 2 aliphatic carbocycles. The number of nitriles is 1. The standard InChI is InChI=1S/C15H14N2OS/c16-8-11-9-4-1-2-5-10(9)13(15(18)14(11)17)12-6-3-7-19-12/h3-4,6-7,10,13H,1-2,5,17H2/t10-,13-/m0/s1. The minimum absolute atomic E-state index is 0.0805. The van der Waals surface area contributed by atoms with Crippen LogP contribution in [0.1, 0.15) is 30.1 Å². The summed E-state index contributed by atoms with van der Waals surface area (Å²) >= 11 is 1.59. The van der Waals surface area contributed by atoms with Crippen LogP contribution in [0.15, 0.2) is 40.4 Å². The van der Waals surface area contributed by atoms with E-state index in [1.165, 1.54) is 0 Å². The van der Waals surface area contributed by atoms with E-state index >= 15 is 0 Å². The highest BCUT2D eigenvalue weighted by atomic mass is 32.1. The molecule has 2 N–H and O–H groups in total. The fourth-order valence-corrected chi connectivity index (χ4v) is 3.97. The molecular weight excluding hydrogens is 256 g/mol. The highest BCUT2D eigenvalue weighted by Crippen LogP contribution is 2.46. The molecule has 4 heteroatoms. The molecule has 0 aliphatic heterocycles. The second kappa shape index (κ2) is 4.67. The zero-order chi connectivity index (χ0) is 13.4. The summed E-state index contributed by atoms with van der Waals surface area (Å²) < 4.78 is 0. The Labute approximate surface area is 116 Å². The van der Waals surface area contributed by atoms with Crippen molar-refractivity contribution in [2.24, 2.45) is 11.7 Å². The number of ketones is 1. The molecule has 2 aliphatic rings. The van der Waals surface area contributed by atoms with Crippen LogP contribution in [0, 0.1) is 17.2 Å². The van der Waals surface area contributed by atoms with Crippen molar-refractivity contribution in [1.29, 1.82) is 5.26 Å². The van der Waals surface area contributed by atoms with E-state index in [0.29, 0.717) is 5.57 Å². The van der Waals surface area contributed by atoms with Crippen molar-refractivity contribution in [3.63, 3.8) is 0 Å². The van der Waals surface area contributed by atoms with Crippen molar-refractivity contribution in [2.75, 3.05) is 0 Å². The van der Waals surface area contributed by atoms with Gasteiger partial charge in [-0.25, -0.2) is 0 Å². The first-order valence-electron chi connectivity index (χ1n) is 6.42. The van der Waals surface area contributed by atoms with Gasteiger partial charge in [-0.15, -0.1) is 11.3 Å². The Bertz CT molecular complexity index is 619. The zero-order valence-corrected chi connectivity index (χ0v) is 11.2. The lowest BCUT2D eigenvalue weighted by Gasteiger charge is -2.34. The Morgan fingerprint density at radius 1 is 1.47 bits per heavy atom. The van der Waals surface area contributed by atoms with E-state index in [9.17, 15) is 10.1 Å². The summed E-state index contributed by atoms with van der Waals surface area (Å²) in [7, 11) is 0. The number of rotatable bonds is 1. The van der Waals surface area contributed by atoms with Crippen molar-refractivity contribution in [1.82, 2.24) is 0 Å². The van der Waals surface area contributed by atoms with E-state index in [0.717, 1.165) is 29.7 Å². The predicted molar refractivity (Wildman–Crippen MR) is 74.3 cm³/mol. The van der Waals surface area contributed by atoms with E-state index in [1.54, 1.807) is 11.3 Å². The average molecular weight is 270 g/mol. The monoisotopic (exact) mass is 270 g/mol. The van der Waals surface area contributed by atoms with Crippen LogP contribution in [0.3, 0.4) is 0 Å². The largest absolute Gasteiger partial charge is 0.395 e. The quantitative estimate of drug-likeness (QED) is 0.853. The molecule has 0 saturated carbocycles. The lowest BCUT2D eigenvalue weighted by Crippen LogP contribution is -2.34. The Hall–Kier alpha value is -1.86. The lowest BCUT2D eigenvalue weighted by atomic mass is 9.69. The normalized spacial score (nSPS) is 26.7. The minimum Gasteiger partial charge on any atom is -0.395 e. The first-order valence-corrected chi connectivity index (χ1v) is 7.30. The van der Waals surface area contributed by atoms with Crippen LogP contribution in [0.4, 0.5) is 0 Å². The smallest absolute Gasteiger partial charge is 0.188 e. The van der Waals surface area contributed by atoms with Gasteiger partial charge in [0.15, 0.2) is 5.78 Å². The Balaban J connectivity index is 2.16. The summed E-state index contributed by atoms with van der Waals surface area (Å²) in [5.41, 5.74) is 7.45. The second-order valence-electron chi connectivity index (χ2n) is 4.95. The summed E-state index contributed by atoms with van der Waals surface area (Å²) in [5, 5.41) is 11.2. The summed E-state index contributed by atoms with van der Waals surface area (Å²) in [6, 6.07) is 6.07. The van der Waals surface area contributed by atoms with Gasteiger partial charge in [0.2, 0.25) is 0 Å². The van der Waals surface area contributed by atoms with Crippen LogP contribution in [-0.2, 0) is 4.79 Å². The highest BCUT2D eigenvalue weighted by Gasteiger charge is 2.41. The number of allylic oxidation sites excluding steroid dienone is 4. The SMILES string of the molecule is N#CC1=C(N)C(=O)[C@H](c2cccs2)[C@H]2CCCC=C12. The third-order valence-corrected chi connectivity index (χ3v) is 4.91. The first-order chi connectivity index (χ1) is 9.24. The van der Waals surface area contributed by atoms with Gasteiger partial charge in [0.05, 0.1) is 17.2 Å². The molecule has 2 atom stereocenters. The van der Waals surface area contributed by atoms with E-state index in [4.69, 9.17) is 5.73 Å². The molecule has 3 nitrogen and oxygen atoms in total. The topological polar surface area (TPSA) is 66.9 Å². The number of Topliss-reactive ketones (excluding diaryl/α,β-unsaturated/α-hetero) is 1. The van der Waals surface area contributed by atoms with E-state index in [-0.39, 0.29) is 23.3 Å². The van der Waals surface area contributed by atoms with Gasteiger partial charge >= 0.3 is 0 Å². The van der Waals surface area contributed by atoms with Crippen molar-refractivity contribution in [3.05, 3.63) is 45.3 Å². The summed E-state index contributed by atoms with van der Waals surface area (Å²) in [6.07, 6.45) is 5.09. The van der Waals surface area contributed by atoms with E-state index in [2.05, 4.69) is 12.1 Å². The number of thiophene rings is 1. The Kier molecular flexibility index (Phi) is 3.00. The zero-order valence-electron chi connectivity index (χ0n) is 10.4. The molecule has 0 radical (unpaired) electrons. The van der Waals surface area contributed by atoms with Gasteiger partial charge in [0.1, 0.15) is 6.07 Å². The van der Waals surface area contributed by atoms with Crippen molar-refractivity contribution >= 4 is 17.1 Å². The molecule has 3 rings (SSSR count). The Morgan fingerprint density at radius 2 is 2.32 bits per heavy atom. The summed E-state index contributed by atoms with van der Waals surface area (Å²) in [6.45, 7) is 0. The third kappa shape index (κ3) is 1.82. The summed E-state index contributed by atoms with van der Waals surface area (Å²) in [5.74, 6) is -0.145. The first kappa shape index (κ1) is 12.2. The average Bonchev–Trinajstić information content (AvgIpc) is 2.94. The van der Waals surface area contributed by atoms with Crippen LogP contribution < -0.4 is 5.73 Å². The molecule has 0 aromatic carbocycles. The van der Waals surface area contributed by atoms with Gasteiger partial charge in [-0.05, 0) is 42.2 Å². The van der Waals surface area contributed by atoms with Gasteiger partial charge in [-0.1, -0.05) is 12.1 Å². The van der Waals surface area contributed by atoms with Crippen LogP contribution in [0.25, 0.3) is 0 Å². The van der Waals surface area contributed by atoms with Crippen molar-refractivity contribution < 1.29 is 4.79 Å². The van der Waals surface area contributed by atoms with Gasteiger partial charge in [-0.2, -0.15) is 5.26 Å². The predicted octanol–water partition coefficient (Wildman–Crippen LogP) is 2.88. The molecule has 0 fully saturated rings. The minimum atomic E-state index is -0.191. The molecule has 1 aromatic heterocycles. The maximum Gasteiger partial charge on any atom is 0.188 e. The van der Waals surface area contributed by atoms with Gasteiger partial charge in [0, 0.05) is 4.88 Å². The van der Waals surface area contributed by atoms with Crippen molar-refractivity contribution in [2.45, 2.75) is 25.2 Å². The number of nitrogens with zero attached hydrogens (tertiary/aromatic N) is 1. The molecule has 0 unspecified atom stereocenters. The lowest BCUT2D eigenvalue weighted by molar-refractivity contribution is -0.118. The van der Waals surface area contributed by atoms with Crippen LogP contribution in [-0.4, -0.2) is 5.78 Å². The number of carbonyl (C=O) groups is 1. The molecule has 1 aromatic rings. The highest BCUT2D eigenvalue weighted by molar-refractivity contribution is 7.10. The maximum absolute atomic E-state index is 12.5. The van der Waals surface area contributed by atoms with Gasteiger partial charge in [0.25, 0.3) is 0 Å². The third-order valence-electron chi connectivity index (χ3n) is 3.95. The summed E-state index contributed by atoms with van der Waals surface area (Å²) in [4.78, 5) is 13.6. The molecule has 96 valence electrons. The number of fused-ring (bicyclic) bond motifs is 1.